The van der Waals surface area contributed by atoms with Crippen LogP contribution in [-0.2, 0) is 0 Å². The van der Waals surface area contributed by atoms with E-state index >= 15 is 0 Å². The standard InChI is InChI=1S/C15H16BrFN2/c1-3-19-15(12-6-13(16)9-18-8-12)11-5-4-10(2)14(17)7-11/h4-9,15,19H,3H2,1-2H3. The zero-order chi connectivity index (χ0) is 13.8. The van der Waals surface area contributed by atoms with E-state index in [0.717, 1.165) is 22.1 Å². The second-order valence-corrected chi connectivity index (χ2v) is 5.35. The molecule has 0 radical (unpaired) electrons. The van der Waals surface area contributed by atoms with Crippen LogP contribution in [0.2, 0.25) is 0 Å². The van der Waals surface area contributed by atoms with Crippen molar-refractivity contribution in [1.29, 1.82) is 0 Å². The highest BCUT2D eigenvalue weighted by Crippen LogP contribution is 2.25. The van der Waals surface area contributed by atoms with Crippen molar-refractivity contribution in [3.63, 3.8) is 0 Å². The summed E-state index contributed by atoms with van der Waals surface area (Å²) in [6, 6.07) is 7.29. The van der Waals surface area contributed by atoms with Crippen molar-refractivity contribution in [3.05, 3.63) is 63.6 Å². The molecule has 19 heavy (non-hydrogen) atoms. The average molecular weight is 323 g/mol. The summed E-state index contributed by atoms with van der Waals surface area (Å²) in [7, 11) is 0. The van der Waals surface area contributed by atoms with E-state index in [9.17, 15) is 4.39 Å². The highest BCUT2D eigenvalue weighted by Gasteiger charge is 2.15. The fourth-order valence-corrected chi connectivity index (χ4v) is 2.39. The average Bonchev–Trinajstić information content (AvgIpc) is 2.39. The van der Waals surface area contributed by atoms with E-state index in [1.807, 2.05) is 19.1 Å². The first kappa shape index (κ1) is 14.2. The molecule has 2 rings (SSSR count). The lowest BCUT2D eigenvalue weighted by Crippen LogP contribution is -2.22. The number of aryl methyl sites for hydroxylation is 1. The molecular weight excluding hydrogens is 307 g/mol. The summed E-state index contributed by atoms with van der Waals surface area (Å²) in [6.45, 7) is 4.59. The second kappa shape index (κ2) is 6.26. The second-order valence-electron chi connectivity index (χ2n) is 4.44. The summed E-state index contributed by atoms with van der Waals surface area (Å²) in [5.41, 5.74) is 2.58. The minimum atomic E-state index is -0.177. The molecule has 0 aliphatic rings. The molecule has 2 nitrogen and oxygen atoms in total. The van der Waals surface area contributed by atoms with Crippen LogP contribution in [0.4, 0.5) is 4.39 Å². The maximum absolute atomic E-state index is 13.7. The molecule has 4 heteroatoms. The zero-order valence-corrected chi connectivity index (χ0v) is 12.5. The highest BCUT2D eigenvalue weighted by molar-refractivity contribution is 9.10. The minimum Gasteiger partial charge on any atom is -0.306 e. The first-order valence-corrected chi connectivity index (χ1v) is 7.01. The summed E-state index contributed by atoms with van der Waals surface area (Å²) in [6.07, 6.45) is 3.54. The number of pyridine rings is 1. The van der Waals surface area contributed by atoms with Crippen LogP contribution in [0, 0.1) is 12.7 Å². The van der Waals surface area contributed by atoms with E-state index in [1.165, 1.54) is 0 Å². The monoisotopic (exact) mass is 322 g/mol. The van der Waals surface area contributed by atoms with Gasteiger partial charge in [-0.3, -0.25) is 4.98 Å². The minimum absolute atomic E-state index is 0.0508. The lowest BCUT2D eigenvalue weighted by atomic mass is 9.99. The number of halogens is 2. The van der Waals surface area contributed by atoms with Gasteiger partial charge in [-0.1, -0.05) is 19.1 Å². The van der Waals surface area contributed by atoms with Crippen LogP contribution in [0.15, 0.2) is 41.1 Å². The predicted octanol–water partition coefficient (Wildman–Crippen LogP) is 3.99. The van der Waals surface area contributed by atoms with Gasteiger partial charge in [0, 0.05) is 16.9 Å². The van der Waals surface area contributed by atoms with Crippen LogP contribution in [0.1, 0.15) is 29.7 Å². The molecule has 1 unspecified atom stereocenters. The SMILES string of the molecule is CCNC(c1cncc(Br)c1)c1ccc(C)c(F)c1. The molecule has 0 spiro atoms. The Morgan fingerprint density at radius 3 is 2.68 bits per heavy atom. The van der Waals surface area contributed by atoms with Gasteiger partial charge < -0.3 is 5.32 Å². The normalized spacial score (nSPS) is 12.4. The quantitative estimate of drug-likeness (QED) is 0.920. The Hall–Kier alpha value is -1.26. The highest BCUT2D eigenvalue weighted by atomic mass is 79.9. The third-order valence-corrected chi connectivity index (χ3v) is 3.43. The Balaban J connectivity index is 2.42. The van der Waals surface area contributed by atoms with Gasteiger partial charge in [0.1, 0.15) is 5.82 Å². The summed E-state index contributed by atoms with van der Waals surface area (Å²) < 4.78 is 14.6. The van der Waals surface area contributed by atoms with Crippen molar-refractivity contribution in [2.75, 3.05) is 6.54 Å². The van der Waals surface area contributed by atoms with E-state index < -0.39 is 0 Å². The maximum atomic E-state index is 13.7. The van der Waals surface area contributed by atoms with Crippen molar-refractivity contribution in [3.8, 4) is 0 Å². The number of hydrogen-bond acceptors (Lipinski definition) is 2. The van der Waals surface area contributed by atoms with Crippen molar-refractivity contribution >= 4 is 15.9 Å². The molecule has 2 aromatic rings. The van der Waals surface area contributed by atoms with Gasteiger partial charge in [0.25, 0.3) is 0 Å². The van der Waals surface area contributed by atoms with Crippen molar-refractivity contribution in [1.82, 2.24) is 10.3 Å². The Bertz CT molecular complexity index is 572. The molecule has 1 N–H and O–H groups in total. The number of nitrogens with zero attached hydrogens (tertiary/aromatic N) is 1. The van der Waals surface area contributed by atoms with E-state index in [-0.39, 0.29) is 11.9 Å². The van der Waals surface area contributed by atoms with E-state index in [4.69, 9.17) is 0 Å². The molecule has 100 valence electrons. The molecule has 1 heterocycles. The molecule has 0 amide bonds. The molecule has 0 saturated carbocycles. The zero-order valence-electron chi connectivity index (χ0n) is 11.0. The lowest BCUT2D eigenvalue weighted by Gasteiger charge is -2.19. The van der Waals surface area contributed by atoms with Crippen LogP contribution in [0.5, 0.6) is 0 Å². The van der Waals surface area contributed by atoms with Gasteiger partial charge in [-0.2, -0.15) is 0 Å². The van der Waals surface area contributed by atoms with Gasteiger partial charge in [0.15, 0.2) is 0 Å². The lowest BCUT2D eigenvalue weighted by molar-refractivity contribution is 0.596. The molecule has 0 bridgehead atoms. The third kappa shape index (κ3) is 3.39. The molecule has 0 aliphatic heterocycles. The first-order valence-electron chi connectivity index (χ1n) is 6.21. The van der Waals surface area contributed by atoms with Crippen molar-refractivity contribution < 1.29 is 4.39 Å². The largest absolute Gasteiger partial charge is 0.306 e. The molecule has 1 atom stereocenters. The topological polar surface area (TPSA) is 24.9 Å². The third-order valence-electron chi connectivity index (χ3n) is 3.00. The summed E-state index contributed by atoms with van der Waals surface area (Å²) in [5.74, 6) is -0.177. The maximum Gasteiger partial charge on any atom is 0.126 e. The van der Waals surface area contributed by atoms with Crippen LogP contribution in [0.25, 0.3) is 0 Å². The van der Waals surface area contributed by atoms with Crippen LogP contribution in [0.3, 0.4) is 0 Å². The Labute approximate surface area is 121 Å². The van der Waals surface area contributed by atoms with E-state index in [1.54, 1.807) is 31.5 Å². The van der Waals surface area contributed by atoms with E-state index in [2.05, 4.69) is 26.2 Å². The Morgan fingerprint density at radius 2 is 2.05 bits per heavy atom. The summed E-state index contributed by atoms with van der Waals surface area (Å²) >= 11 is 3.42. The smallest absolute Gasteiger partial charge is 0.126 e. The van der Waals surface area contributed by atoms with Gasteiger partial charge in [0.05, 0.1) is 6.04 Å². The number of nitrogens with one attached hydrogen (secondary N) is 1. The molecule has 1 aromatic heterocycles. The van der Waals surface area contributed by atoms with Crippen LogP contribution in [-0.4, -0.2) is 11.5 Å². The first-order chi connectivity index (χ1) is 9.11. The Morgan fingerprint density at radius 1 is 1.26 bits per heavy atom. The fourth-order valence-electron chi connectivity index (χ4n) is 2.01. The molecule has 0 aliphatic carbocycles. The van der Waals surface area contributed by atoms with Gasteiger partial charge in [-0.25, -0.2) is 4.39 Å². The number of rotatable bonds is 4. The van der Waals surface area contributed by atoms with Crippen molar-refractivity contribution in [2.45, 2.75) is 19.9 Å². The van der Waals surface area contributed by atoms with Gasteiger partial charge in [-0.15, -0.1) is 0 Å². The van der Waals surface area contributed by atoms with Crippen molar-refractivity contribution in [2.24, 2.45) is 0 Å². The summed E-state index contributed by atoms with van der Waals surface area (Å²) in [5, 5.41) is 3.36. The molecule has 1 aromatic carbocycles. The fraction of sp³-hybridized carbons (Fsp3) is 0.267. The predicted molar refractivity (Wildman–Crippen MR) is 78.6 cm³/mol. The molecule has 0 saturated heterocycles. The van der Waals surface area contributed by atoms with Gasteiger partial charge in [0.2, 0.25) is 0 Å². The molecule has 0 fully saturated rings. The summed E-state index contributed by atoms with van der Waals surface area (Å²) in [4.78, 5) is 4.17. The van der Waals surface area contributed by atoms with Gasteiger partial charge >= 0.3 is 0 Å². The van der Waals surface area contributed by atoms with Crippen LogP contribution >= 0.6 is 15.9 Å². The van der Waals surface area contributed by atoms with Crippen LogP contribution < -0.4 is 5.32 Å². The Kier molecular flexibility index (Phi) is 4.66. The number of hydrogen-bond donors (Lipinski definition) is 1. The number of benzene rings is 1. The van der Waals surface area contributed by atoms with Gasteiger partial charge in [-0.05, 0) is 58.2 Å². The molecular formula is C15H16BrFN2. The number of aromatic nitrogens is 1. The van der Waals surface area contributed by atoms with E-state index in [0.29, 0.717) is 5.56 Å².